The van der Waals surface area contributed by atoms with Gasteiger partial charge >= 0.3 is 6.18 Å². The van der Waals surface area contributed by atoms with Gasteiger partial charge in [0.2, 0.25) is 0 Å². The van der Waals surface area contributed by atoms with Gasteiger partial charge in [-0.05, 0) is 25.1 Å². The standard InChI is InChI=1S/C14H13F3N2O/c1-2-18-13-9-10(7-8-19-13)20-12-6-4-3-5-11(12)14(15,16)17/h3-9H,2H2,1H3,(H,18,19). The molecule has 20 heavy (non-hydrogen) atoms. The molecule has 0 atom stereocenters. The molecule has 1 heterocycles. The van der Waals surface area contributed by atoms with E-state index in [0.717, 1.165) is 6.07 Å². The summed E-state index contributed by atoms with van der Waals surface area (Å²) in [6.07, 6.45) is -2.97. The second-order valence-electron chi connectivity index (χ2n) is 4.00. The summed E-state index contributed by atoms with van der Waals surface area (Å²) in [6.45, 7) is 2.56. The van der Waals surface area contributed by atoms with Gasteiger partial charge in [0, 0.05) is 18.8 Å². The molecule has 1 N–H and O–H groups in total. The molecule has 0 saturated carbocycles. The van der Waals surface area contributed by atoms with Crippen LogP contribution in [-0.4, -0.2) is 11.5 Å². The average molecular weight is 282 g/mol. The molecule has 0 bridgehead atoms. The van der Waals surface area contributed by atoms with E-state index >= 15 is 0 Å². The van der Waals surface area contributed by atoms with Crippen molar-refractivity contribution in [1.82, 2.24) is 4.98 Å². The molecular formula is C14H13F3N2O. The fourth-order valence-electron chi connectivity index (χ4n) is 1.67. The molecule has 1 aromatic heterocycles. The van der Waals surface area contributed by atoms with Crippen LogP contribution in [0.3, 0.4) is 0 Å². The highest BCUT2D eigenvalue weighted by atomic mass is 19.4. The third-order valence-electron chi connectivity index (χ3n) is 2.51. The molecule has 3 nitrogen and oxygen atoms in total. The second kappa shape index (κ2) is 5.81. The van der Waals surface area contributed by atoms with Crippen LogP contribution in [0.15, 0.2) is 42.6 Å². The monoisotopic (exact) mass is 282 g/mol. The molecule has 0 spiro atoms. The van der Waals surface area contributed by atoms with Gasteiger partial charge in [-0.15, -0.1) is 0 Å². The van der Waals surface area contributed by atoms with Crippen LogP contribution >= 0.6 is 0 Å². The first-order valence-electron chi connectivity index (χ1n) is 6.04. The van der Waals surface area contributed by atoms with E-state index in [-0.39, 0.29) is 5.75 Å². The van der Waals surface area contributed by atoms with Crippen molar-refractivity contribution < 1.29 is 17.9 Å². The first-order chi connectivity index (χ1) is 9.50. The van der Waals surface area contributed by atoms with Crippen LogP contribution in [0, 0.1) is 0 Å². The minimum Gasteiger partial charge on any atom is -0.457 e. The zero-order valence-electron chi connectivity index (χ0n) is 10.7. The number of nitrogens with zero attached hydrogens (tertiary/aromatic N) is 1. The van der Waals surface area contributed by atoms with Gasteiger partial charge < -0.3 is 10.1 Å². The Labute approximate surface area is 114 Å². The Morgan fingerprint density at radius 1 is 1.20 bits per heavy atom. The number of ether oxygens (including phenoxy) is 1. The highest BCUT2D eigenvalue weighted by Gasteiger charge is 2.34. The lowest BCUT2D eigenvalue weighted by Gasteiger charge is -2.13. The van der Waals surface area contributed by atoms with E-state index < -0.39 is 11.7 Å². The predicted octanol–water partition coefficient (Wildman–Crippen LogP) is 4.32. The maximum Gasteiger partial charge on any atom is 0.419 e. The maximum atomic E-state index is 12.8. The van der Waals surface area contributed by atoms with E-state index in [1.807, 2.05) is 6.92 Å². The van der Waals surface area contributed by atoms with E-state index in [1.165, 1.54) is 30.5 Å². The minimum atomic E-state index is -4.45. The lowest BCUT2D eigenvalue weighted by Crippen LogP contribution is -2.07. The van der Waals surface area contributed by atoms with Gasteiger partial charge in [-0.2, -0.15) is 13.2 Å². The Bertz CT molecular complexity index is 585. The summed E-state index contributed by atoms with van der Waals surface area (Å²) in [5.41, 5.74) is -0.804. The Morgan fingerprint density at radius 3 is 2.65 bits per heavy atom. The fourth-order valence-corrected chi connectivity index (χ4v) is 1.67. The summed E-state index contributed by atoms with van der Waals surface area (Å²) in [6, 6.07) is 8.16. The molecule has 0 saturated heterocycles. The van der Waals surface area contributed by atoms with Gasteiger partial charge in [-0.3, -0.25) is 0 Å². The molecular weight excluding hydrogens is 269 g/mol. The number of rotatable bonds is 4. The van der Waals surface area contributed by atoms with Gasteiger partial charge in [0.1, 0.15) is 17.3 Å². The molecule has 0 amide bonds. The summed E-state index contributed by atoms with van der Waals surface area (Å²) in [7, 11) is 0. The molecule has 0 aliphatic rings. The largest absolute Gasteiger partial charge is 0.457 e. The van der Waals surface area contributed by atoms with Gasteiger partial charge in [-0.25, -0.2) is 4.98 Å². The van der Waals surface area contributed by atoms with Gasteiger partial charge in [0.05, 0.1) is 5.56 Å². The van der Waals surface area contributed by atoms with Crippen molar-refractivity contribution in [3.8, 4) is 11.5 Å². The number of hydrogen-bond donors (Lipinski definition) is 1. The number of benzene rings is 1. The zero-order valence-corrected chi connectivity index (χ0v) is 10.7. The van der Waals surface area contributed by atoms with E-state index in [0.29, 0.717) is 18.1 Å². The lowest BCUT2D eigenvalue weighted by molar-refractivity contribution is -0.138. The molecule has 2 rings (SSSR count). The Balaban J connectivity index is 2.28. The predicted molar refractivity (Wildman–Crippen MR) is 69.9 cm³/mol. The molecule has 6 heteroatoms. The van der Waals surface area contributed by atoms with Crippen molar-refractivity contribution in [2.24, 2.45) is 0 Å². The first kappa shape index (κ1) is 14.2. The smallest absolute Gasteiger partial charge is 0.419 e. The number of halogens is 3. The number of aromatic nitrogens is 1. The first-order valence-corrected chi connectivity index (χ1v) is 6.04. The number of hydrogen-bond acceptors (Lipinski definition) is 3. The molecule has 1 aromatic carbocycles. The SMILES string of the molecule is CCNc1cc(Oc2ccccc2C(F)(F)F)ccn1. The highest BCUT2D eigenvalue weighted by molar-refractivity contribution is 5.44. The van der Waals surface area contributed by atoms with Crippen molar-refractivity contribution in [3.63, 3.8) is 0 Å². The summed E-state index contributed by atoms with van der Waals surface area (Å²) in [5, 5.41) is 2.97. The summed E-state index contributed by atoms with van der Waals surface area (Å²) < 4.78 is 43.9. The maximum absolute atomic E-state index is 12.8. The number of pyridine rings is 1. The van der Waals surface area contributed by atoms with E-state index in [4.69, 9.17) is 4.74 Å². The topological polar surface area (TPSA) is 34.1 Å². The third kappa shape index (κ3) is 3.40. The van der Waals surface area contributed by atoms with Crippen LogP contribution in [-0.2, 0) is 6.18 Å². The molecule has 0 aliphatic heterocycles. The van der Waals surface area contributed by atoms with Crippen molar-refractivity contribution >= 4 is 5.82 Å². The summed E-state index contributed by atoms with van der Waals surface area (Å²) >= 11 is 0. The normalized spacial score (nSPS) is 11.2. The Hall–Kier alpha value is -2.24. The van der Waals surface area contributed by atoms with Gasteiger partial charge in [0.15, 0.2) is 0 Å². The van der Waals surface area contributed by atoms with Crippen LogP contribution < -0.4 is 10.1 Å². The van der Waals surface area contributed by atoms with Crippen LogP contribution in [0.1, 0.15) is 12.5 Å². The van der Waals surface area contributed by atoms with Crippen LogP contribution in [0.4, 0.5) is 19.0 Å². The summed E-state index contributed by atoms with van der Waals surface area (Å²) in [4.78, 5) is 4.03. The number of para-hydroxylation sites is 1. The molecule has 0 aliphatic carbocycles. The van der Waals surface area contributed by atoms with Crippen molar-refractivity contribution in [2.75, 3.05) is 11.9 Å². The zero-order chi connectivity index (χ0) is 14.6. The van der Waals surface area contributed by atoms with Gasteiger partial charge in [0.25, 0.3) is 0 Å². The summed E-state index contributed by atoms with van der Waals surface area (Å²) in [5.74, 6) is 0.621. The van der Waals surface area contributed by atoms with Crippen molar-refractivity contribution in [3.05, 3.63) is 48.2 Å². The molecule has 2 aromatic rings. The Kier molecular flexibility index (Phi) is 4.12. The van der Waals surface area contributed by atoms with Crippen LogP contribution in [0.25, 0.3) is 0 Å². The van der Waals surface area contributed by atoms with Gasteiger partial charge in [-0.1, -0.05) is 12.1 Å². The van der Waals surface area contributed by atoms with E-state index in [9.17, 15) is 13.2 Å². The molecule has 0 fully saturated rings. The fraction of sp³-hybridized carbons (Fsp3) is 0.214. The van der Waals surface area contributed by atoms with Crippen molar-refractivity contribution in [1.29, 1.82) is 0 Å². The quantitative estimate of drug-likeness (QED) is 0.906. The Morgan fingerprint density at radius 2 is 1.95 bits per heavy atom. The molecule has 0 unspecified atom stereocenters. The van der Waals surface area contributed by atoms with Crippen LogP contribution in [0.2, 0.25) is 0 Å². The highest BCUT2D eigenvalue weighted by Crippen LogP contribution is 2.37. The third-order valence-corrected chi connectivity index (χ3v) is 2.51. The number of alkyl halides is 3. The average Bonchev–Trinajstić information content (AvgIpc) is 2.39. The minimum absolute atomic E-state index is 0.228. The van der Waals surface area contributed by atoms with Crippen molar-refractivity contribution in [2.45, 2.75) is 13.1 Å². The van der Waals surface area contributed by atoms with E-state index in [2.05, 4.69) is 10.3 Å². The van der Waals surface area contributed by atoms with E-state index in [1.54, 1.807) is 6.07 Å². The number of anilines is 1. The van der Waals surface area contributed by atoms with Crippen LogP contribution in [0.5, 0.6) is 11.5 Å². The second-order valence-corrected chi connectivity index (χ2v) is 4.00. The number of nitrogens with one attached hydrogen (secondary N) is 1. The molecule has 0 radical (unpaired) electrons. The lowest BCUT2D eigenvalue weighted by atomic mass is 10.2. The molecule has 106 valence electrons.